The molecule has 0 aromatic rings. The zero-order chi connectivity index (χ0) is 10.3. The topological polar surface area (TPSA) is 9.23 Å². The maximum Gasteiger partial charge on any atom is 0.175 e. The highest BCUT2D eigenvalue weighted by molar-refractivity contribution is 9.10. The molecule has 80 valence electrons. The van der Waals surface area contributed by atoms with Crippen molar-refractivity contribution in [2.24, 2.45) is 0 Å². The lowest BCUT2D eigenvalue weighted by Crippen LogP contribution is -2.34. The van der Waals surface area contributed by atoms with Crippen molar-refractivity contribution in [1.29, 1.82) is 0 Å². The molecule has 0 radical (unpaired) electrons. The Bertz CT molecular complexity index is 118. The largest absolute Gasteiger partial charge is 0.417 e. The van der Waals surface area contributed by atoms with E-state index in [1.165, 1.54) is 6.42 Å². The van der Waals surface area contributed by atoms with Crippen molar-refractivity contribution < 1.29 is 4.43 Å². The Morgan fingerprint density at radius 1 is 1.15 bits per heavy atom. The van der Waals surface area contributed by atoms with Gasteiger partial charge >= 0.3 is 0 Å². The quantitative estimate of drug-likeness (QED) is 0.508. The molecule has 3 heteroatoms. The number of hydrogen-bond acceptors (Lipinski definition) is 1. The van der Waals surface area contributed by atoms with E-state index in [1.807, 2.05) is 0 Å². The van der Waals surface area contributed by atoms with Gasteiger partial charge in [0.25, 0.3) is 0 Å². The number of halogens is 1. The molecular formula is C10H23BrOSi. The van der Waals surface area contributed by atoms with Crippen molar-refractivity contribution in [2.45, 2.75) is 63.4 Å². The van der Waals surface area contributed by atoms with E-state index in [0.29, 0.717) is 4.45 Å². The molecule has 0 rings (SSSR count). The molecule has 0 aromatic carbocycles. The summed E-state index contributed by atoms with van der Waals surface area (Å²) in [6, 6.07) is 0. The van der Waals surface area contributed by atoms with Crippen LogP contribution >= 0.6 is 15.9 Å². The summed E-state index contributed by atoms with van der Waals surface area (Å²) in [4.78, 5) is 0. The number of hydrogen-bond donors (Lipinski definition) is 0. The van der Waals surface area contributed by atoms with Crippen molar-refractivity contribution in [3.05, 3.63) is 0 Å². The maximum atomic E-state index is 6.12. The van der Waals surface area contributed by atoms with Crippen molar-refractivity contribution in [3.8, 4) is 0 Å². The minimum absolute atomic E-state index is 0.188. The fourth-order valence-corrected chi connectivity index (χ4v) is 3.22. The van der Waals surface area contributed by atoms with E-state index >= 15 is 0 Å². The fraction of sp³-hybridized carbons (Fsp3) is 1.00. The van der Waals surface area contributed by atoms with Gasteiger partial charge in [-0.3, -0.25) is 0 Å². The van der Waals surface area contributed by atoms with E-state index in [2.05, 4.69) is 43.6 Å². The molecule has 0 fully saturated rings. The van der Waals surface area contributed by atoms with Gasteiger partial charge in [0.2, 0.25) is 0 Å². The molecule has 0 bridgehead atoms. The Morgan fingerprint density at radius 3 is 1.92 bits per heavy atom. The van der Waals surface area contributed by atoms with Gasteiger partial charge in [0, 0.05) is 4.45 Å². The molecule has 13 heavy (non-hydrogen) atoms. The minimum Gasteiger partial charge on any atom is -0.417 e. The molecule has 1 nitrogen and oxygen atoms in total. The number of alkyl halides is 1. The lowest BCUT2D eigenvalue weighted by atomic mass is 9.95. The Kier molecular flexibility index (Phi) is 7.37. The van der Waals surface area contributed by atoms with E-state index < -0.39 is 0 Å². The highest BCUT2D eigenvalue weighted by atomic mass is 79.9. The van der Waals surface area contributed by atoms with Crippen LogP contribution in [0.4, 0.5) is 0 Å². The first-order chi connectivity index (χ1) is 6.14. The molecule has 0 aliphatic heterocycles. The smallest absolute Gasteiger partial charge is 0.175 e. The van der Waals surface area contributed by atoms with Crippen LogP contribution in [0.1, 0.15) is 53.4 Å². The predicted molar refractivity (Wildman–Crippen MR) is 66.2 cm³/mol. The van der Waals surface area contributed by atoms with Crippen LogP contribution in [-0.2, 0) is 4.43 Å². The Morgan fingerprint density at radius 2 is 1.62 bits per heavy atom. The van der Waals surface area contributed by atoms with Crippen LogP contribution < -0.4 is 0 Å². The van der Waals surface area contributed by atoms with Crippen molar-refractivity contribution in [1.82, 2.24) is 0 Å². The van der Waals surface area contributed by atoms with E-state index in [-0.39, 0.29) is 15.4 Å². The van der Waals surface area contributed by atoms with Gasteiger partial charge in [-0.1, -0.05) is 43.6 Å². The average molecular weight is 267 g/mol. The standard InChI is InChI=1S/C10H23BrOSi/c1-5-9(11)13-12-10(6-2,7-3)8-4/h9H,5-8,13H2,1-4H3. The summed E-state index contributed by atoms with van der Waals surface area (Å²) >= 11 is 3.65. The van der Waals surface area contributed by atoms with Gasteiger partial charge in [-0.05, 0) is 25.7 Å². The number of rotatable bonds is 7. The minimum atomic E-state index is -0.385. The van der Waals surface area contributed by atoms with E-state index in [9.17, 15) is 0 Å². The third kappa shape index (κ3) is 4.61. The fourth-order valence-electron chi connectivity index (χ4n) is 1.44. The second kappa shape index (κ2) is 7.02. The first-order valence-electron chi connectivity index (χ1n) is 5.42. The summed E-state index contributed by atoms with van der Waals surface area (Å²) in [5, 5.41) is 0. The summed E-state index contributed by atoms with van der Waals surface area (Å²) < 4.78 is 6.77. The van der Waals surface area contributed by atoms with Gasteiger partial charge in [-0.25, -0.2) is 0 Å². The molecule has 1 unspecified atom stereocenters. The first kappa shape index (κ1) is 13.7. The monoisotopic (exact) mass is 266 g/mol. The van der Waals surface area contributed by atoms with E-state index in [4.69, 9.17) is 4.43 Å². The normalized spacial score (nSPS) is 15.5. The summed E-state index contributed by atoms with van der Waals surface area (Å²) in [6.45, 7) is 8.91. The average Bonchev–Trinajstić information content (AvgIpc) is 2.20. The molecule has 0 heterocycles. The highest BCUT2D eigenvalue weighted by Crippen LogP contribution is 2.24. The Balaban J connectivity index is 3.95. The zero-order valence-electron chi connectivity index (χ0n) is 9.40. The third-order valence-electron chi connectivity index (χ3n) is 2.95. The lowest BCUT2D eigenvalue weighted by Gasteiger charge is -2.32. The molecule has 0 amide bonds. The van der Waals surface area contributed by atoms with E-state index in [0.717, 1.165) is 19.3 Å². The van der Waals surface area contributed by atoms with Crippen LogP contribution in [0.3, 0.4) is 0 Å². The van der Waals surface area contributed by atoms with Crippen LogP contribution in [0.5, 0.6) is 0 Å². The van der Waals surface area contributed by atoms with Crippen molar-refractivity contribution in [2.75, 3.05) is 0 Å². The van der Waals surface area contributed by atoms with Gasteiger partial charge in [-0.15, -0.1) is 0 Å². The SMILES string of the molecule is CCC(Br)[SiH2]OC(CC)(CC)CC. The van der Waals surface area contributed by atoms with Crippen LogP contribution in [0.25, 0.3) is 0 Å². The van der Waals surface area contributed by atoms with Gasteiger partial charge in [0.1, 0.15) is 0 Å². The molecule has 0 aliphatic rings. The van der Waals surface area contributed by atoms with Gasteiger partial charge in [0.05, 0.1) is 5.60 Å². The first-order valence-corrected chi connectivity index (χ1v) is 7.73. The van der Waals surface area contributed by atoms with Crippen LogP contribution in [-0.4, -0.2) is 19.8 Å². The van der Waals surface area contributed by atoms with Gasteiger partial charge < -0.3 is 4.43 Å². The molecule has 0 spiro atoms. The zero-order valence-corrected chi connectivity index (χ0v) is 12.4. The second-order valence-corrected chi connectivity index (χ2v) is 7.66. The molecule has 0 aliphatic carbocycles. The maximum absolute atomic E-state index is 6.12. The van der Waals surface area contributed by atoms with Crippen molar-refractivity contribution >= 4 is 25.7 Å². The van der Waals surface area contributed by atoms with Crippen molar-refractivity contribution in [3.63, 3.8) is 0 Å². The molecular weight excluding hydrogens is 244 g/mol. The Labute approximate surface area is 93.7 Å². The molecule has 0 aromatic heterocycles. The van der Waals surface area contributed by atoms with Gasteiger partial charge in [0.15, 0.2) is 9.76 Å². The van der Waals surface area contributed by atoms with Crippen LogP contribution in [0.2, 0.25) is 0 Å². The second-order valence-electron chi connectivity index (χ2n) is 3.56. The van der Waals surface area contributed by atoms with Crippen LogP contribution in [0.15, 0.2) is 0 Å². The highest BCUT2D eigenvalue weighted by Gasteiger charge is 2.24. The third-order valence-corrected chi connectivity index (χ3v) is 6.10. The summed E-state index contributed by atoms with van der Waals surface area (Å²) in [5.74, 6) is 0. The molecule has 1 atom stereocenters. The Hall–Kier alpha value is 0.657. The molecule has 0 saturated carbocycles. The summed E-state index contributed by atoms with van der Waals surface area (Å²) in [5.41, 5.74) is 0.188. The predicted octanol–water partition coefficient (Wildman–Crippen LogP) is 3.19. The summed E-state index contributed by atoms with van der Waals surface area (Å²) in [6.07, 6.45) is 4.64. The van der Waals surface area contributed by atoms with Gasteiger partial charge in [-0.2, -0.15) is 0 Å². The molecule has 0 N–H and O–H groups in total. The molecule has 0 saturated heterocycles. The lowest BCUT2D eigenvalue weighted by molar-refractivity contribution is 0.0598. The summed E-state index contributed by atoms with van der Waals surface area (Å²) in [7, 11) is -0.385. The van der Waals surface area contributed by atoms with E-state index in [1.54, 1.807) is 0 Å². The van der Waals surface area contributed by atoms with Crippen LogP contribution in [0, 0.1) is 0 Å².